The Morgan fingerprint density at radius 3 is 2.58 bits per heavy atom. The van der Waals surface area contributed by atoms with E-state index >= 15 is 0 Å². The number of carboxylic acids is 1. The number of nitrogens with one attached hydrogen (secondary N) is 1. The van der Waals surface area contributed by atoms with Gasteiger partial charge in [0.2, 0.25) is 0 Å². The molecule has 0 fully saturated rings. The van der Waals surface area contributed by atoms with Gasteiger partial charge in [-0.25, -0.2) is 9.78 Å². The highest BCUT2D eigenvalue weighted by Crippen LogP contribution is 2.31. The molecule has 3 rings (SSSR count). The number of nitrogens with zero attached hydrogens (tertiary/aromatic N) is 1. The van der Waals surface area contributed by atoms with E-state index in [2.05, 4.69) is 9.97 Å². The molecule has 0 saturated heterocycles. The lowest BCUT2D eigenvalue weighted by atomic mass is 10.1. The third kappa shape index (κ3) is 2.67. The van der Waals surface area contributed by atoms with Crippen molar-refractivity contribution in [2.24, 2.45) is 0 Å². The van der Waals surface area contributed by atoms with Crippen LogP contribution in [0.25, 0.3) is 22.3 Å². The number of rotatable bonds is 4. The Bertz CT molecular complexity index is 994. The molecule has 0 spiro atoms. The molecule has 24 heavy (non-hydrogen) atoms. The molecule has 7 nitrogen and oxygen atoms in total. The number of ether oxygens (including phenoxy) is 2. The highest BCUT2D eigenvalue weighted by molar-refractivity contribution is 5.93. The lowest BCUT2D eigenvalue weighted by Crippen LogP contribution is -2.11. The Labute approximate surface area is 136 Å². The van der Waals surface area contributed by atoms with Crippen LogP contribution in [0.5, 0.6) is 11.5 Å². The first-order valence-corrected chi connectivity index (χ1v) is 7.03. The second-order valence-corrected chi connectivity index (χ2v) is 5.02. The number of aromatic carboxylic acids is 1. The lowest BCUT2D eigenvalue weighted by Gasteiger charge is -2.10. The first-order valence-electron chi connectivity index (χ1n) is 7.03. The minimum atomic E-state index is -1.10. The molecule has 2 aromatic carbocycles. The Hall–Kier alpha value is -3.35. The third-order valence-electron chi connectivity index (χ3n) is 3.61. The Morgan fingerprint density at radius 2 is 1.92 bits per heavy atom. The third-order valence-corrected chi connectivity index (χ3v) is 3.61. The predicted molar refractivity (Wildman–Crippen MR) is 87.9 cm³/mol. The van der Waals surface area contributed by atoms with Crippen LogP contribution in [0.15, 0.2) is 41.2 Å². The van der Waals surface area contributed by atoms with E-state index in [-0.39, 0.29) is 10.9 Å². The van der Waals surface area contributed by atoms with Gasteiger partial charge in [0.1, 0.15) is 17.3 Å². The van der Waals surface area contributed by atoms with Crippen LogP contribution in [0.1, 0.15) is 10.4 Å². The van der Waals surface area contributed by atoms with E-state index in [0.717, 1.165) is 0 Å². The van der Waals surface area contributed by atoms with Crippen LogP contribution in [0, 0.1) is 0 Å². The van der Waals surface area contributed by atoms with Gasteiger partial charge in [0.15, 0.2) is 0 Å². The molecule has 0 aliphatic carbocycles. The number of benzene rings is 2. The summed E-state index contributed by atoms with van der Waals surface area (Å²) in [5, 5.41) is 9.24. The number of carboxylic acid groups (broad SMARTS) is 1. The number of H-pyrrole nitrogens is 1. The van der Waals surface area contributed by atoms with Crippen LogP contribution in [-0.4, -0.2) is 35.3 Å². The molecule has 122 valence electrons. The van der Waals surface area contributed by atoms with Crippen LogP contribution < -0.4 is 15.0 Å². The molecule has 0 bridgehead atoms. The van der Waals surface area contributed by atoms with Crippen LogP contribution in [0.4, 0.5) is 0 Å². The number of methoxy groups -OCH3 is 2. The van der Waals surface area contributed by atoms with Crippen LogP contribution >= 0.6 is 0 Å². The fourth-order valence-corrected chi connectivity index (χ4v) is 2.40. The zero-order valence-corrected chi connectivity index (χ0v) is 13.0. The summed E-state index contributed by atoms with van der Waals surface area (Å²) in [5.74, 6) is 0.330. The van der Waals surface area contributed by atoms with Gasteiger partial charge in [0, 0.05) is 0 Å². The minimum absolute atomic E-state index is 0.0292. The molecule has 0 aliphatic heterocycles. The van der Waals surface area contributed by atoms with Gasteiger partial charge in [-0.1, -0.05) is 0 Å². The second-order valence-electron chi connectivity index (χ2n) is 5.02. The molecule has 3 aromatic rings. The normalized spacial score (nSPS) is 10.6. The van der Waals surface area contributed by atoms with Crippen molar-refractivity contribution in [3.05, 3.63) is 52.3 Å². The maximum atomic E-state index is 12.3. The first-order chi connectivity index (χ1) is 11.5. The molecule has 0 atom stereocenters. The van der Waals surface area contributed by atoms with E-state index in [1.807, 2.05) is 0 Å². The molecule has 0 aliphatic rings. The summed E-state index contributed by atoms with van der Waals surface area (Å²) in [5.41, 5.74) is 0.561. The summed E-state index contributed by atoms with van der Waals surface area (Å²) in [6, 6.07) is 9.37. The second kappa shape index (κ2) is 6.04. The van der Waals surface area contributed by atoms with Gasteiger partial charge in [-0.3, -0.25) is 4.79 Å². The quantitative estimate of drug-likeness (QED) is 0.763. The number of aromatic amines is 1. The highest BCUT2D eigenvalue weighted by atomic mass is 16.5. The van der Waals surface area contributed by atoms with Crippen LogP contribution in [0.3, 0.4) is 0 Å². The smallest absolute Gasteiger partial charge is 0.335 e. The summed E-state index contributed by atoms with van der Waals surface area (Å²) in [7, 11) is 3.05. The van der Waals surface area contributed by atoms with Gasteiger partial charge in [-0.15, -0.1) is 0 Å². The van der Waals surface area contributed by atoms with Gasteiger partial charge in [-0.05, 0) is 36.4 Å². The number of hydrogen-bond acceptors (Lipinski definition) is 5. The largest absolute Gasteiger partial charge is 0.497 e. The van der Waals surface area contributed by atoms with Crippen molar-refractivity contribution < 1.29 is 19.4 Å². The van der Waals surface area contributed by atoms with E-state index in [1.165, 1.54) is 32.4 Å². The summed E-state index contributed by atoms with van der Waals surface area (Å²) in [4.78, 5) is 30.4. The highest BCUT2D eigenvalue weighted by Gasteiger charge is 2.13. The van der Waals surface area contributed by atoms with Crippen molar-refractivity contribution in [2.45, 2.75) is 0 Å². The maximum Gasteiger partial charge on any atom is 0.335 e. The molecule has 1 heterocycles. The van der Waals surface area contributed by atoms with Crippen molar-refractivity contribution >= 4 is 16.9 Å². The SMILES string of the molecule is COc1ccc(OC)c(-c2nc3ccc(C(=O)O)cc3c(=O)[nH]2)c1. The minimum Gasteiger partial charge on any atom is -0.497 e. The monoisotopic (exact) mass is 326 g/mol. The van der Waals surface area contributed by atoms with Crippen molar-refractivity contribution in [3.63, 3.8) is 0 Å². The van der Waals surface area contributed by atoms with Crippen molar-refractivity contribution in [3.8, 4) is 22.9 Å². The molecule has 7 heteroatoms. The summed E-state index contributed by atoms with van der Waals surface area (Å²) in [6.07, 6.45) is 0. The van der Waals surface area contributed by atoms with E-state index in [1.54, 1.807) is 18.2 Å². The Kier molecular flexibility index (Phi) is 3.91. The fourth-order valence-electron chi connectivity index (χ4n) is 2.40. The Morgan fingerprint density at radius 1 is 1.12 bits per heavy atom. The van der Waals surface area contributed by atoms with E-state index < -0.39 is 11.5 Å². The van der Waals surface area contributed by atoms with Gasteiger partial charge in [0.25, 0.3) is 5.56 Å². The molecule has 2 N–H and O–H groups in total. The topological polar surface area (TPSA) is 102 Å². The molecule has 0 amide bonds. The average Bonchev–Trinajstić information content (AvgIpc) is 2.60. The van der Waals surface area contributed by atoms with Crippen molar-refractivity contribution in [1.82, 2.24) is 9.97 Å². The molecular formula is C17H14N2O5. The van der Waals surface area contributed by atoms with Crippen molar-refractivity contribution in [1.29, 1.82) is 0 Å². The molecule has 0 radical (unpaired) electrons. The lowest BCUT2D eigenvalue weighted by molar-refractivity contribution is 0.0697. The van der Waals surface area contributed by atoms with Gasteiger partial charge in [0.05, 0.1) is 36.2 Å². The molecule has 0 saturated carbocycles. The molecule has 1 aromatic heterocycles. The zero-order valence-electron chi connectivity index (χ0n) is 13.0. The van der Waals surface area contributed by atoms with E-state index in [9.17, 15) is 9.59 Å². The molecular weight excluding hydrogens is 312 g/mol. The maximum absolute atomic E-state index is 12.3. The Balaban J connectivity index is 2.23. The van der Waals surface area contributed by atoms with Crippen LogP contribution in [-0.2, 0) is 0 Å². The summed E-state index contributed by atoms with van der Waals surface area (Å²) >= 11 is 0. The molecule has 0 unspecified atom stereocenters. The number of fused-ring (bicyclic) bond motifs is 1. The van der Waals surface area contributed by atoms with E-state index in [4.69, 9.17) is 14.6 Å². The van der Waals surface area contributed by atoms with Gasteiger partial charge in [-0.2, -0.15) is 0 Å². The predicted octanol–water partition coefficient (Wildman–Crippen LogP) is 2.31. The standard InChI is InChI=1S/C17H14N2O5/c1-23-10-4-6-14(24-2)12(8-10)15-18-13-5-3-9(17(21)22)7-11(13)16(20)19-15/h3-8H,1-2H3,(H,21,22)(H,18,19,20). The van der Waals surface area contributed by atoms with Crippen LogP contribution in [0.2, 0.25) is 0 Å². The first kappa shape index (κ1) is 15.5. The fraction of sp³-hybridized carbons (Fsp3) is 0.118. The summed E-state index contributed by atoms with van der Waals surface area (Å²) in [6.45, 7) is 0. The number of hydrogen-bond donors (Lipinski definition) is 2. The van der Waals surface area contributed by atoms with Gasteiger partial charge >= 0.3 is 5.97 Å². The van der Waals surface area contributed by atoms with E-state index in [0.29, 0.717) is 28.4 Å². The average molecular weight is 326 g/mol. The number of aromatic nitrogens is 2. The number of carbonyl (C=O) groups is 1. The zero-order chi connectivity index (χ0) is 17.3. The van der Waals surface area contributed by atoms with Gasteiger partial charge < -0.3 is 19.6 Å². The summed E-state index contributed by atoms with van der Waals surface area (Å²) < 4.78 is 10.5. The van der Waals surface area contributed by atoms with Crippen molar-refractivity contribution in [2.75, 3.05) is 14.2 Å².